The summed E-state index contributed by atoms with van der Waals surface area (Å²) in [7, 11) is 3.21. The number of nitrogens with one attached hydrogen (secondary N) is 1. The van der Waals surface area contributed by atoms with Gasteiger partial charge in [0.1, 0.15) is 36.1 Å². The van der Waals surface area contributed by atoms with Gasteiger partial charge < -0.3 is 35.1 Å². The molecule has 0 aliphatic carbocycles. The molecular formula is C48H43F3N6O7. The highest BCUT2D eigenvalue weighted by Crippen LogP contribution is 2.43. The van der Waals surface area contributed by atoms with Crippen LogP contribution in [-0.2, 0) is 27.1 Å². The Kier molecular flexibility index (Phi) is 12.5. The molecule has 0 radical (unpaired) electrons. The number of alkyl halides is 3. The van der Waals surface area contributed by atoms with Crippen molar-refractivity contribution in [1.82, 2.24) is 19.5 Å². The Morgan fingerprint density at radius 3 is 1.80 bits per heavy atom. The number of methoxy groups -OCH3 is 2. The quantitative estimate of drug-likeness (QED) is 0.0954. The normalized spacial score (nSPS) is 18.6. The maximum atomic E-state index is 14.4. The second kappa shape index (κ2) is 18.4. The number of ketones is 1. The van der Waals surface area contributed by atoms with Gasteiger partial charge >= 0.3 is 6.18 Å². The molecule has 4 atom stereocenters. The van der Waals surface area contributed by atoms with Crippen LogP contribution in [0.1, 0.15) is 56.1 Å². The zero-order valence-electron chi connectivity index (χ0n) is 34.6. The molecule has 1 saturated heterocycles. The molecule has 0 spiro atoms. The van der Waals surface area contributed by atoms with E-state index in [0.29, 0.717) is 29.5 Å². The second-order valence-corrected chi connectivity index (χ2v) is 15.3. The molecule has 1 aliphatic rings. The second-order valence-electron chi connectivity index (χ2n) is 15.3. The van der Waals surface area contributed by atoms with Gasteiger partial charge in [-0.2, -0.15) is 13.2 Å². The number of aliphatic hydroxyl groups excluding tert-OH is 1. The fourth-order valence-electron chi connectivity index (χ4n) is 7.76. The maximum Gasteiger partial charge on any atom is 0.452 e. The molecule has 328 valence electrons. The Balaban J connectivity index is 1.08. The number of hydrogen-bond acceptors (Lipinski definition) is 11. The SMILES string of the molecule is COc1ccc(Cc2ccc(C(OC[C@H]3O[C@@H](n4cnc5c(NC(=O)c6ccccc6)ncnc54)C(N)(C(=O)C(F)(F)F)C3O)c3ccc(Cc4ccc(OC)cc4)cc3)cc2)cc1. The number of carbonyl (C=O) groups is 2. The third kappa shape index (κ3) is 9.07. The lowest BCUT2D eigenvalue weighted by Crippen LogP contribution is -2.64. The largest absolute Gasteiger partial charge is 0.497 e. The molecule has 2 aromatic heterocycles. The minimum absolute atomic E-state index is 0.0303. The first-order valence-corrected chi connectivity index (χ1v) is 20.2. The Morgan fingerprint density at radius 2 is 1.30 bits per heavy atom. The summed E-state index contributed by atoms with van der Waals surface area (Å²) >= 11 is 0. The first-order chi connectivity index (χ1) is 30.8. The van der Waals surface area contributed by atoms with Crippen LogP contribution in [0.2, 0.25) is 0 Å². The Bertz CT molecular complexity index is 2630. The van der Waals surface area contributed by atoms with Crippen molar-refractivity contribution < 1.29 is 46.8 Å². The summed E-state index contributed by atoms with van der Waals surface area (Å²) in [5.74, 6) is -1.53. The molecule has 1 aliphatic heterocycles. The average Bonchev–Trinajstić information content (AvgIpc) is 3.85. The molecule has 64 heavy (non-hydrogen) atoms. The van der Waals surface area contributed by atoms with Gasteiger partial charge in [0.15, 0.2) is 28.7 Å². The third-order valence-corrected chi connectivity index (χ3v) is 11.2. The van der Waals surface area contributed by atoms with Crippen molar-refractivity contribution in [1.29, 1.82) is 0 Å². The van der Waals surface area contributed by atoms with Gasteiger partial charge in [0, 0.05) is 5.56 Å². The van der Waals surface area contributed by atoms with Crippen molar-refractivity contribution in [3.05, 3.63) is 179 Å². The molecule has 1 amide bonds. The lowest BCUT2D eigenvalue weighted by atomic mass is 9.86. The van der Waals surface area contributed by atoms with Crippen molar-refractivity contribution in [2.45, 2.75) is 49.1 Å². The standard InChI is InChI=1S/C48H43F3N6O7/c1-61-36-20-12-31(13-21-36)24-29-8-16-33(17-9-29)40(34-18-10-30(11-19-34)25-32-14-22-37(62-2)23-15-32)63-26-38-41(58)47(52,45(60)48(49,50)51)46(64-38)57-28-55-39-42(53-27-54-43(39)57)56-44(59)35-6-4-3-5-7-35/h3-23,27-28,38,40-41,46,58H,24-26,52H2,1-2H3,(H,53,54,56,59)/t38-,41?,46-,47?/m1/s1. The van der Waals surface area contributed by atoms with E-state index in [0.717, 1.165) is 51.0 Å². The van der Waals surface area contributed by atoms with Crippen molar-refractivity contribution in [2.24, 2.45) is 5.73 Å². The van der Waals surface area contributed by atoms with Crippen LogP contribution in [0, 0.1) is 0 Å². The predicted octanol–water partition coefficient (Wildman–Crippen LogP) is 7.17. The molecule has 13 nitrogen and oxygen atoms in total. The van der Waals surface area contributed by atoms with E-state index in [2.05, 4.69) is 20.3 Å². The number of aromatic nitrogens is 4. The first kappa shape index (κ1) is 43.7. The number of nitrogens with two attached hydrogens (primary N) is 1. The van der Waals surface area contributed by atoms with Gasteiger partial charge in [0.2, 0.25) is 0 Å². The first-order valence-electron chi connectivity index (χ1n) is 20.2. The number of anilines is 1. The van der Waals surface area contributed by atoms with Gasteiger partial charge in [-0.05, 0) is 82.6 Å². The molecule has 2 unspecified atom stereocenters. The van der Waals surface area contributed by atoms with Gasteiger partial charge in [-0.1, -0.05) is 91.0 Å². The highest BCUT2D eigenvalue weighted by Gasteiger charge is 2.66. The molecule has 5 aromatic carbocycles. The van der Waals surface area contributed by atoms with Crippen LogP contribution < -0.4 is 20.5 Å². The molecule has 0 saturated carbocycles. The number of nitrogens with zero attached hydrogens (tertiary/aromatic N) is 4. The van der Waals surface area contributed by atoms with Crippen LogP contribution in [0.3, 0.4) is 0 Å². The molecule has 16 heteroatoms. The zero-order chi connectivity index (χ0) is 45.0. The van der Waals surface area contributed by atoms with Crippen LogP contribution >= 0.6 is 0 Å². The summed E-state index contributed by atoms with van der Waals surface area (Å²) in [6.45, 7) is -0.492. The summed E-state index contributed by atoms with van der Waals surface area (Å²) < 4.78 is 67.3. The van der Waals surface area contributed by atoms with Gasteiger partial charge in [-0.3, -0.25) is 14.2 Å². The summed E-state index contributed by atoms with van der Waals surface area (Å²) in [6, 6.07) is 39.2. The number of amides is 1. The minimum Gasteiger partial charge on any atom is -0.497 e. The highest BCUT2D eigenvalue weighted by molar-refractivity contribution is 6.06. The van der Waals surface area contributed by atoms with Crippen molar-refractivity contribution >= 4 is 28.7 Å². The Hall–Kier alpha value is -6.98. The summed E-state index contributed by atoms with van der Waals surface area (Å²) in [4.78, 5) is 38.8. The molecule has 4 N–H and O–H groups in total. The number of imidazole rings is 1. The molecule has 7 aromatic rings. The Labute approximate surface area is 365 Å². The van der Waals surface area contributed by atoms with E-state index in [-0.39, 0.29) is 17.0 Å². The van der Waals surface area contributed by atoms with Crippen LogP contribution in [0.5, 0.6) is 11.5 Å². The topological polar surface area (TPSA) is 173 Å². The monoisotopic (exact) mass is 872 g/mol. The minimum atomic E-state index is -5.48. The molecular weight excluding hydrogens is 830 g/mol. The van der Waals surface area contributed by atoms with Gasteiger partial charge in [0.05, 0.1) is 27.2 Å². The summed E-state index contributed by atoms with van der Waals surface area (Å²) in [5, 5.41) is 14.3. The van der Waals surface area contributed by atoms with E-state index < -0.39 is 54.6 Å². The Morgan fingerprint density at radius 1 is 0.781 bits per heavy atom. The smallest absolute Gasteiger partial charge is 0.452 e. The lowest BCUT2D eigenvalue weighted by molar-refractivity contribution is -0.183. The number of fused-ring (bicyclic) bond motifs is 1. The van der Waals surface area contributed by atoms with Crippen molar-refractivity contribution in [3.8, 4) is 11.5 Å². The average molecular weight is 873 g/mol. The number of halogens is 3. The summed E-state index contributed by atoms with van der Waals surface area (Å²) in [5.41, 5.74) is 9.04. The van der Waals surface area contributed by atoms with Crippen LogP contribution in [0.4, 0.5) is 19.0 Å². The van der Waals surface area contributed by atoms with E-state index in [1.165, 1.54) is 0 Å². The van der Waals surface area contributed by atoms with E-state index in [1.54, 1.807) is 44.6 Å². The summed E-state index contributed by atoms with van der Waals surface area (Å²) in [6.07, 6.45) is -8.62. The molecule has 1 fully saturated rings. The molecule has 0 bridgehead atoms. The zero-order valence-corrected chi connectivity index (χ0v) is 34.6. The number of Topliss-reactive ketones (excluding diaryl/α,β-unsaturated/α-hetero) is 1. The number of aliphatic hydroxyl groups is 1. The van der Waals surface area contributed by atoms with Crippen molar-refractivity contribution in [2.75, 3.05) is 26.1 Å². The highest BCUT2D eigenvalue weighted by atomic mass is 19.4. The number of carbonyl (C=O) groups excluding carboxylic acids is 2. The van der Waals surface area contributed by atoms with E-state index in [9.17, 15) is 27.9 Å². The van der Waals surface area contributed by atoms with Gasteiger partial charge in [-0.25, -0.2) is 15.0 Å². The van der Waals surface area contributed by atoms with E-state index in [4.69, 9.17) is 24.7 Å². The fraction of sp³-hybridized carbons (Fsp3) is 0.229. The number of benzene rings is 5. The van der Waals surface area contributed by atoms with Crippen molar-refractivity contribution in [3.63, 3.8) is 0 Å². The number of rotatable bonds is 15. The van der Waals surface area contributed by atoms with Crippen LogP contribution in [0.15, 0.2) is 140 Å². The number of hydrogen-bond donors (Lipinski definition) is 3. The third-order valence-electron chi connectivity index (χ3n) is 11.2. The molecule has 8 rings (SSSR count). The van der Waals surface area contributed by atoms with Crippen LogP contribution in [-0.4, -0.2) is 81.1 Å². The van der Waals surface area contributed by atoms with Gasteiger partial charge in [0.25, 0.3) is 11.7 Å². The van der Waals surface area contributed by atoms with E-state index >= 15 is 0 Å². The fourth-order valence-corrected chi connectivity index (χ4v) is 7.76. The lowest BCUT2D eigenvalue weighted by Gasteiger charge is -2.32. The maximum absolute atomic E-state index is 14.4. The van der Waals surface area contributed by atoms with E-state index in [1.807, 2.05) is 97.1 Å². The van der Waals surface area contributed by atoms with Crippen LogP contribution in [0.25, 0.3) is 11.2 Å². The number of ether oxygens (including phenoxy) is 4. The molecule has 3 heterocycles. The van der Waals surface area contributed by atoms with Gasteiger partial charge in [-0.15, -0.1) is 0 Å². The predicted molar refractivity (Wildman–Crippen MR) is 230 cm³/mol.